The normalized spacial score (nSPS) is 18.0. The fourth-order valence-electron chi connectivity index (χ4n) is 2.60. The molecule has 0 unspecified atom stereocenters. The zero-order chi connectivity index (χ0) is 18.4. The molecule has 1 aromatic carbocycles. The Morgan fingerprint density at radius 3 is 2.60 bits per heavy atom. The molecule has 0 saturated carbocycles. The topological polar surface area (TPSA) is 92.8 Å². The van der Waals surface area contributed by atoms with Crippen LogP contribution in [0.2, 0.25) is 0 Å². The molecule has 7 nitrogen and oxygen atoms in total. The van der Waals surface area contributed by atoms with E-state index < -0.39 is 35.0 Å². The first kappa shape index (κ1) is 19.3. The van der Waals surface area contributed by atoms with Gasteiger partial charge in [0.05, 0.1) is 4.90 Å². The molecule has 0 radical (unpaired) electrons. The van der Waals surface area contributed by atoms with Gasteiger partial charge in [-0.2, -0.15) is 4.72 Å². The van der Waals surface area contributed by atoms with Crippen LogP contribution in [0.25, 0.3) is 0 Å². The van der Waals surface area contributed by atoms with Crippen LogP contribution in [-0.4, -0.2) is 50.9 Å². The minimum absolute atomic E-state index is 0.108. The molecule has 138 valence electrons. The number of amides is 1. The molecular formula is C16H21FN2O5S. The van der Waals surface area contributed by atoms with Crippen LogP contribution >= 0.6 is 0 Å². The Bertz CT molecular complexity index is 721. The third-order valence-electron chi connectivity index (χ3n) is 4.01. The van der Waals surface area contributed by atoms with Crippen molar-refractivity contribution < 1.29 is 27.1 Å². The second kappa shape index (κ2) is 8.39. The Kier molecular flexibility index (Phi) is 6.49. The van der Waals surface area contributed by atoms with Crippen LogP contribution in [0, 0.1) is 5.82 Å². The van der Waals surface area contributed by atoms with Crippen LogP contribution in [-0.2, 0) is 24.3 Å². The first-order chi connectivity index (χ1) is 11.8. The summed E-state index contributed by atoms with van der Waals surface area (Å²) in [5, 5.41) is 0. The van der Waals surface area contributed by atoms with Crippen molar-refractivity contribution >= 4 is 21.9 Å². The largest absolute Gasteiger partial charge is 0.455 e. The lowest BCUT2D eigenvalue weighted by atomic mass is 10.0. The maximum absolute atomic E-state index is 12.8. The van der Waals surface area contributed by atoms with E-state index in [4.69, 9.17) is 4.74 Å². The number of hydrogen-bond acceptors (Lipinski definition) is 5. The highest BCUT2D eigenvalue weighted by molar-refractivity contribution is 7.89. The van der Waals surface area contributed by atoms with Gasteiger partial charge in [-0.1, -0.05) is 0 Å². The molecule has 9 heteroatoms. The van der Waals surface area contributed by atoms with Crippen LogP contribution in [0.1, 0.15) is 26.2 Å². The van der Waals surface area contributed by atoms with E-state index in [1.54, 1.807) is 4.90 Å². The highest BCUT2D eigenvalue weighted by Crippen LogP contribution is 2.16. The SMILES string of the molecule is C[C@H]1CCCCN1C(=O)COC(=O)CNS(=O)(=O)c1ccc(F)cc1. The molecule has 1 aromatic rings. The van der Waals surface area contributed by atoms with Crippen molar-refractivity contribution in [3.05, 3.63) is 30.1 Å². The van der Waals surface area contributed by atoms with Crippen LogP contribution in [0.3, 0.4) is 0 Å². The fourth-order valence-corrected chi connectivity index (χ4v) is 3.56. The van der Waals surface area contributed by atoms with Gasteiger partial charge in [-0.25, -0.2) is 12.8 Å². The van der Waals surface area contributed by atoms with Gasteiger partial charge in [-0.05, 0) is 50.5 Å². The monoisotopic (exact) mass is 372 g/mol. The van der Waals surface area contributed by atoms with Gasteiger partial charge in [0.1, 0.15) is 12.4 Å². The molecule has 25 heavy (non-hydrogen) atoms. The molecule has 1 N–H and O–H groups in total. The predicted octanol–water partition coefficient (Wildman–Crippen LogP) is 1.05. The highest BCUT2D eigenvalue weighted by Gasteiger charge is 2.24. The Hall–Kier alpha value is -2.00. The van der Waals surface area contributed by atoms with E-state index in [1.807, 2.05) is 6.92 Å². The first-order valence-corrected chi connectivity index (χ1v) is 9.48. The standard InChI is InChI=1S/C16H21FN2O5S/c1-12-4-2-3-9-19(12)15(20)11-24-16(21)10-18-25(22,23)14-7-5-13(17)6-8-14/h5-8,12,18H,2-4,9-11H2,1H3/t12-/m0/s1. The van der Waals surface area contributed by atoms with E-state index in [2.05, 4.69) is 4.72 Å². The zero-order valence-electron chi connectivity index (χ0n) is 13.9. The molecule has 0 aromatic heterocycles. The quantitative estimate of drug-likeness (QED) is 0.754. The average Bonchev–Trinajstić information content (AvgIpc) is 2.59. The van der Waals surface area contributed by atoms with Gasteiger partial charge in [0.2, 0.25) is 10.0 Å². The summed E-state index contributed by atoms with van der Waals surface area (Å²) in [5.74, 6) is -1.71. The summed E-state index contributed by atoms with van der Waals surface area (Å²) in [6.07, 6.45) is 2.90. The molecule has 0 bridgehead atoms. The van der Waals surface area contributed by atoms with Crippen LogP contribution in [0.5, 0.6) is 0 Å². The molecule has 1 saturated heterocycles. The smallest absolute Gasteiger partial charge is 0.321 e. The third kappa shape index (κ3) is 5.50. The summed E-state index contributed by atoms with van der Waals surface area (Å²) in [4.78, 5) is 25.2. The molecule has 1 amide bonds. The summed E-state index contributed by atoms with van der Waals surface area (Å²) < 4.78 is 43.6. The van der Waals surface area contributed by atoms with Crippen LogP contribution in [0.15, 0.2) is 29.2 Å². The Morgan fingerprint density at radius 2 is 1.96 bits per heavy atom. The van der Waals surface area contributed by atoms with E-state index >= 15 is 0 Å². The second-order valence-electron chi connectivity index (χ2n) is 5.87. The van der Waals surface area contributed by atoms with Crippen LogP contribution in [0.4, 0.5) is 4.39 Å². The van der Waals surface area contributed by atoms with E-state index in [-0.39, 0.29) is 16.8 Å². The molecule has 0 aliphatic carbocycles. The Morgan fingerprint density at radius 1 is 1.28 bits per heavy atom. The number of esters is 1. The maximum atomic E-state index is 12.8. The van der Waals surface area contributed by atoms with Crippen molar-refractivity contribution in [1.29, 1.82) is 0 Å². The number of rotatable bonds is 6. The summed E-state index contributed by atoms with van der Waals surface area (Å²) >= 11 is 0. The van der Waals surface area contributed by atoms with Crippen molar-refractivity contribution in [2.45, 2.75) is 37.1 Å². The molecule has 1 atom stereocenters. The molecular weight excluding hydrogens is 351 g/mol. The van der Waals surface area contributed by atoms with E-state index in [9.17, 15) is 22.4 Å². The molecule has 1 aliphatic heterocycles. The van der Waals surface area contributed by atoms with E-state index in [0.717, 1.165) is 43.5 Å². The number of piperidine rings is 1. The number of likely N-dealkylation sites (tertiary alicyclic amines) is 1. The lowest BCUT2D eigenvalue weighted by Gasteiger charge is -2.33. The minimum atomic E-state index is -3.95. The number of nitrogens with one attached hydrogen (secondary N) is 1. The zero-order valence-corrected chi connectivity index (χ0v) is 14.7. The molecule has 2 rings (SSSR count). The van der Waals surface area contributed by atoms with E-state index in [1.165, 1.54) is 0 Å². The number of benzene rings is 1. The first-order valence-electron chi connectivity index (χ1n) is 8.00. The summed E-state index contributed by atoms with van der Waals surface area (Å²) in [7, 11) is -3.95. The van der Waals surface area contributed by atoms with Crippen molar-refractivity contribution in [2.24, 2.45) is 0 Å². The van der Waals surface area contributed by atoms with Crippen molar-refractivity contribution in [3.63, 3.8) is 0 Å². The number of sulfonamides is 1. The number of carbonyl (C=O) groups excluding carboxylic acids is 2. The third-order valence-corrected chi connectivity index (χ3v) is 5.43. The number of carbonyl (C=O) groups is 2. The van der Waals surface area contributed by atoms with Gasteiger partial charge >= 0.3 is 5.97 Å². The summed E-state index contributed by atoms with van der Waals surface area (Å²) in [5.41, 5.74) is 0. The maximum Gasteiger partial charge on any atom is 0.321 e. The van der Waals surface area contributed by atoms with Crippen molar-refractivity contribution in [1.82, 2.24) is 9.62 Å². The van der Waals surface area contributed by atoms with Gasteiger partial charge < -0.3 is 9.64 Å². The van der Waals surface area contributed by atoms with Gasteiger partial charge in [0, 0.05) is 12.6 Å². The number of hydrogen-bond donors (Lipinski definition) is 1. The lowest BCUT2D eigenvalue weighted by molar-refractivity contribution is -0.152. The number of nitrogens with zero attached hydrogens (tertiary/aromatic N) is 1. The van der Waals surface area contributed by atoms with Gasteiger partial charge in [-0.15, -0.1) is 0 Å². The molecule has 1 fully saturated rings. The molecule has 0 spiro atoms. The second-order valence-corrected chi connectivity index (χ2v) is 7.64. The van der Waals surface area contributed by atoms with Gasteiger partial charge in [-0.3, -0.25) is 9.59 Å². The number of halogens is 1. The van der Waals surface area contributed by atoms with Crippen LogP contribution < -0.4 is 4.72 Å². The summed E-state index contributed by atoms with van der Waals surface area (Å²) in [6.45, 7) is 1.55. The predicted molar refractivity (Wildman–Crippen MR) is 87.6 cm³/mol. The van der Waals surface area contributed by atoms with Gasteiger partial charge in [0.15, 0.2) is 6.61 Å². The number of ether oxygens (including phenoxy) is 1. The molecule has 1 aliphatic rings. The van der Waals surface area contributed by atoms with Crippen molar-refractivity contribution in [2.75, 3.05) is 19.7 Å². The highest BCUT2D eigenvalue weighted by atomic mass is 32.2. The lowest BCUT2D eigenvalue weighted by Crippen LogP contribution is -2.44. The fraction of sp³-hybridized carbons (Fsp3) is 0.500. The molecule has 1 heterocycles. The Labute approximate surface area is 146 Å². The average molecular weight is 372 g/mol. The van der Waals surface area contributed by atoms with Gasteiger partial charge in [0.25, 0.3) is 5.91 Å². The van der Waals surface area contributed by atoms with Crippen molar-refractivity contribution in [3.8, 4) is 0 Å². The summed E-state index contributed by atoms with van der Waals surface area (Å²) in [6, 6.07) is 4.29. The van der Waals surface area contributed by atoms with E-state index in [0.29, 0.717) is 6.54 Å². The Balaban J connectivity index is 1.80. The minimum Gasteiger partial charge on any atom is -0.455 e.